The highest BCUT2D eigenvalue weighted by Gasteiger charge is 2.24. The molecular formula is C61H113NO5. The topological polar surface area (TPSA) is 95.9 Å². The van der Waals surface area contributed by atoms with Crippen LogP contribution in [0.5, 0.6) is 0 Å². The molecule has 0 fully saturated rings. The molecule has 0 aromatic rings. The summed E-state index contributed by atoms with van der Waals surface area (Å²) in [5.74, 6) is -0.503. The maximum absolute atomic E-state index is 13.3. The minimum absolute atomic E-state index is 0.0594. The van der Waals surface area contributed by atoms with E-state index < -0.39 is 18.2 Å². The van der Waals surface area contributed by atoms with Crippen molar-refractivity contribution in [3.05, 3.63) is 48.6 Å². The Kier molecular flexibility index (Phi) is 53.0. The second-order valence-corrected chi connectivity index (χ2v) is 20.0. The number of esters is 1. The van der Waals surface area contributed by atoms with E-state index in [1.54, 1.807) is 0 Å². The van der Waals surface area contributed by atoms with Crippen LogP contribution in [-0.4, -0.2) is 46.9 Å². The Labute approximate surface area is 416 Å². The first-order chi connectivity index (χ1) is 33.0. The van der Waals surface area contributed by atoms with Gasteiger partial charge in [0.15, 0.2) is 0 Å². The molecule has 0 spiro atoms. The monoisotopic (exact) mass is 940 g/mol. The molecule has 3 N–H and O–H groups in total. The number of aliphatic hydroxyl groups is 2. The third-order valence-electron chi connectivity index (χ3n) is 13.4. The lowest BCUT2D eigenvalue weighted by Gasteiger charge is -2.24. The van der Waals surface area contributed by atoms with Gasteiger partial charge in [-0.15, -0.1) is 0 Å². The van der Waals surface area contributed by atoms with Crippen molar-refractivity contribution in [3.63, 3.8) is 0 Å². The minimum atomic E-state index is -0.796. The molecule has 392 valence electrons. The average molecular weight is 941 g/mol. The van der Waals surface area contributed by atoms with Gasteiger partial charge < -0.3 is 20.3 Å². The van der Waals surface area contributed by atoms with Gasteiger partial charge in [-0.05, 0) is 89.9 Å². The molecule has 0 aliphatic heterocycles. The Morgan fingerprint density at radius 1 is 0.433 bits per heavy atom. The molecule has 0 saturated carbocycles. The summed E-state index contributed by atoms with van der Waals surface area (Å²) in [6.45, 7) is 6.48. The third kappa shape index (κ3) is 50.0. The van der Waals surface area contributed by atoms with Crippen molar-refractivity contribution in [3.8, 4) is 0 Å². The van der Waals surface area contributed by atoms with Crippen molar-refractivity contribution >= 4 is 11.9 Å². The maximum atomic E-state index is 13.3. The van der Waals surface area contributed by atoms with Crippen molar-refractivity contribution in [2.75, 3.05) is 6.61 Å². The summed E-state index contributed by atoms with van der Waals surface area (Å²) in [6, 6.07) is -0.712. The van der Waals surface area contributed by atoms with Crippen LogP contribution >= 0.6 is 0 Å². The van der Waals surface area contributed by atoms with Gasteiger partial charge in [-0.3, -0.25) is 9.59 Å². The molecule has 0 saturated heterocycles. The summed E-state index contributed by atoms with van der Waals surface area (Å²) in [4.78, 5) is 26.3. The van der Waals surface area contributed by atoms with E-state index in [0.717, 1.165) is 89.9 Å². The molecule has 6 heteroatoms. The summed E-state index contributed by atoms with van der Waals surface area (Å²) in [7, 11) is 0. The van der Waals surface area contributed by atoms with Crippen molar-refractivity contribution < 1.29 is 24.5 Å². The Morgan fingerprint density at radius 3 is 1.21 bits per heavy atom. The number of rotatable bonds is 53. The molecule has 3 unspecified atom stereocenters. The van der Waals surface area contributed by atoms with E-state index in [1.807, 2.05) is 0 Å². The number of carbonyl (C=O) groups excluding carboxylic acids is 2. The van der Waals surface area contributed by atoms with Gasteiger partial charge in [0.05, 0.1) is 25.2 Å². The quantitative estimate of drug-likeness (QED) is 0.0321. The number of aliphatic hydroxyl groups excluding tert-OH is 2. The number of amides is 1. The van der Waals surface area contributed by atoms with Gasteiger partial charge in [0.25, 0.3) is 0 Å². The molecule has 0 radical (unpaired) electrons. The summed E-state index contributed by atoms with van der Waals surface area (Å²) in [5.41, 5.74) is 0. The Morgan fingerprint density at radius 2 is 0.761 bits per heavy atom. The van der Waals surface area contributed by atoms with Gasteiger partial charge in [-0.1, -0.05) is 249 Å². The van der Waals surface area contributed by atoms with Crippen molar-refractivity contribution in [2.45, 2.75) is 322 Å². The first-order valence-corrected chi connectivity index (χ1v) is 29.4. The zero-order valence-electron chi connectivity index (χ0n) is 44.8. The summed E-state index contributed by atoms with van der Waals surface area (Å²) < 4.78 is 5.95. The Balaban J connectivity index is 4.61. The molecule has 0 aliphatic carbocycles. The predicted octanol–water partition coefficient (Wildman–Crippen LogP) is 18.2. The second kappa shape index (κ2) is 54.8. The normalized spacial score (nSPS) is 13.4. The van der Waals surface area contributed by atoms with Crippen LogP contribution in [0.3, 0.4) is 0 Å². The fraction of sp³-hybridized carbons (Fsp3) is 0.836. The molecule has 0 aliphatic rings. The van der Waals surface area contributed by atoms with Gasteiger partial charge in [0, 0.05) is 6.42 Å². The highest BCUT2D eigenvalue weighted by Crippen LogP contribution is 2.18. The first-order valence-electron chi connectivity index (χ1n) is 29.4. The van der Waals surface area contributed by atoms with Crippen LogP contribution in [0.2, 0.25) is 0 Å². The smallest absolute Gasteiger partial charge is 0.306 e. The molecule has 0 heterocycles. The molecule has 0 bridgehead atoms. The lowest BCUT2D eigenvalue weighted by Crippen LogP contribution is -2.46. The third-order valence-corrected chi connectivity index (χ3v) is 13.4. The number of hydrogen-bond acceptors (Lipinski definition) is 5. The van der Waals surface area contributed by atoms with Gasteiger partial charge >= 0.3 is 5.97 Å². The van der Waals surface area contributed by atoms with Crippen molar-refractivity contribution in [2.24, 2.45) is 0 Å². The molecule has 3 atom stereocenters. The highest BCUT2D eigenvalue weighted by atomic mass is 16.5. The molecule has 1 amide bonds. The number of hydrogen-bond donors (Lipinski definition) is 3. The molecular weight excluding hydrogens is 827 g/mol. The first kappa shape index (κ1) is 64.8. The van der Waals surface area contributed by atoms with E-state index in [1.165, 1.54) is 167 Å². The Hall–Kier alpha value is -2.18. The highest BCUT2D eigenvalue weighted by molar-refractivity contribution is 5.77. The fourth-order valence-corrected chi connectivity index (χ4v) is 8.90. The fourth-order valence-electron chi connectivity index (χ4n) is 8.90. The van der Waals surface area contributed by atoms with E-state index >= 15 is 0 Å². The second-order valence-electron chi connectivity index (χ2n) is 20.0. The van der Waals surface area contributed by atoms with E-state index in [-0.39, 0.29) is 24.9 Å². The SMILES string of the molecule is CCCCC/C=C\C/C=C\C/C=C\CCCCCCC(=O)OC(CCCCC/C=C/CCCCCCCCCCC)CC(=O)NC(CO)C(O)CCCCCCCCCCCCCCCCC. The number of carbonyl (C=O) groups is 2. The van der Waals surface area contributed by atoms with Gasteiger partial charge in [0.2, 0.25) is 5.91 Å². The van der Waals surface area contributed by atoms with Crippen LogP contribution in [0.1, 0.15) is 303 Å². The van der Waals surface area contributed by atoms with Crippen LogP contribution in [0.4, 0.5) is 0 Å². The minimum Gasteiger partial charge on any atom is -0.462 e. The van der Waals surface area contributed by atoms with E-state index in [2.05, 4.69) is 74.7 Å². The predicted molar refractivity (Wildman–Crippen MR) is 292 cm³/mol. The van der Waals surface area contributed by atoms with Crippen LogP contribution in [0, 0.1) is 0 Å². The molecule has 0 aromatic heterocycles. The van der Waals surface area contributed by atoms with E-state index in [9.17, 15) is 19.8 Å². The molecule has 0 aromatic carbocycles. The van der Waals surface area contributed by atoms with Crippen LogP contribution < -0.4 is 5.32 Å². The van der Waals surface area contributed by atoms with Crippen LogP contribution in [0.15, 0.2) is 48.6 Å². The van der Waals surface area contributed by atoms with Gasteiger partial charge in [0.1, 0.15) is 6.10 Å². The molecule has 0 rings (SSSR count). The standard InChI is InChI=1S/C61H113NO5/c1-4-7-10-13-16-19-22-25-28-30-33-36-39-42-45-48-51-54-61(66)67-57(52-49-46-43-40-37-34-32-29-26-23-20-17-14-11-8-5-2)55-60(65)62-58(56-63)59(64)53-50-47-44-41-38-35-31-27-24-21-18-15-12-9-6-3/h16,19,25,28,33-34,36-37,57-59,63-64H,4-15,17-18,20-24,26-27,29-32,35,38-56H2,1-3H3,(H,62,65)/b19-16-,28-25-,36-33-,37-34+. The molecule has 67 heavy (non-hydrogen) atoms. The molecule has 6 nitrogen and oxygen atoms in total. The van der Waals surface area contributed by atoms with E-state index in [0.29, 0.717) is 19.3 Å². The zero-order valence-corrected chi connectivity index (χ0v) is 44.8. The number of unbranched alkanes of at least 4 members (excludes halogenated alkanes) is 33. The van der Waals surface area contributed by atoms with Crippen LogP contribution in [0.25, 0.3) is 0 Å². The lowest BCUT2D eigenvalue weighted by atomic mass is 10.0. The number of allylic oxidation sites excluding steroid dienone is 8. The number of nitrogens with one attached hydrogen (secondary N) is 1. The summed E-state index contributed by atoms with van der Waals surface area (Å²) >= 11 is 0. The average Bonchev–Trinajstić information content (AvgIpc) is 3.32. The van der Waals surface area contributed by atoms with Gasteiger partial charge in [-0.2, -0.15) is 0 Å². The summed E-state index contributed by atoms with van der Waals surface area (Å²) in [6.07, 6.45) is 67.4. The maximum Gasteiger partial charge on any atom is 0.306 e. The Bertz CT molecular complexity index is 1150. The zero-order chi connectivity index (χ0) is 48.8. The van der Waals surface area contributed by atoms with Crippen LogP contribution in [-0.2, 0) is 14.3 Å². The van der Waals surface area contributed by atoms with E-state index in [4.69, 9.17) is 4.74 Å². The summed E-state index contributed by atoms with van der Waals surface area (Å²) in [5, 5.41) is 23.9. The largest absolute Gasteiger partial charge is 0.462 e. The van der Waals surface area contributed by atoms with Gasteiger partial charge in [-0.25, -0.2) is 0 Å². The van der Waals surface area contributed by atoms with Crippen molar-refractivity contribution in [1.82, 2.24) is 5.32 Å². The number of ether oxygens (including phenoxy) is 1. The lowest BCUT2D eigenvalue weighted by molar-refractivity contribution is -0.151. The van der Waals surface area contributed by atoms with Crippen molar-refractivity contribution in [1.29, 1.82) is 0 Å².